The summed E-state index contributed by atoms with van der Waals surface area (Å²) in [4.78, 5) is 17.7. The standard InChI is InChI=1S/C6H6ClN5O2S/c7-3-4(9-2-1-8-3)11-12-5(15)10-6(13)14/h1-2H,(H,9,11)(H,13,14)(H2,10,12,15). The summed E-state index contributed by atoms with van der Waals surface area (Å²) < 4.78 is 0. The Morgan fingerprint density at radius 2 is 2.13 bits per heavy atom. The molecule has 7 nitrogen and oxygen atoms in total. The molecule has 0 aliphatic heterocycles. The molecule has 0 saturated carbocycles. The van der Waals surface area contributed by atoms with Gasteiger partial charge >= 0.3 is 6.09 Å². The Kier molecular flexibility index (Phi) is 4.01. The zero-order chi connectivity index (χ0) is 11.3. The molecule has 1 aromatic rings. The van der Waals surface area contributed by atoms with Crippen molar-refractivity contribution in [1.82, 2.24) is 20.7 Å². The van der Waals surface area contributed by atoms with Crippen molar-refractivity contribution in [3.63, 3.8) is 0 Å². The molecule has 0 saturated heterocycles. The highest BCUT2D eigenvalue weighted by Crippen LogP contribution is 2.12. The number of carboxylic acid groups (broad SMARTS) is 1. The van der Waals surface area contributed by atoms with E-state index < -0.39 is 6.09 Å². The smallest absolute Gasteiger partial charge is 0.410 e. The highest BCUT2D eigenvalue weighted by atomic mass is 35.5. The average Bonchev–Trinajstić information content (AvgIpc) is 2.15. The third-order valence-corrected chi connectivity index (χ3v) is 1.65. The summed E-state index contributed by atoms with van der Waals surface area (Å²) in [5.74, 6) is 0.244. The lowest BCUT2D eigenvalue weighted by atomic mass is 10.7. The highest BCUT2D eigenvalue weighted by molar-refractivity contribution is 7.80. The predicted molar refractivity (Wildman–Crippen MR) is 57.6 cm³/mol. The van der Waals surface area contributed by atoms with Gasteiger partial charge in [0.15, 0.2) is 16.1 Å². The Morgan fingerprint density at radius 3 is 2.73 bits per heavy atom. The fourth-order valence-corrected chi connectivity index (χ4v) is 0.940. The number of hydrogen-bond donors (Lipinski definition) is 4. The lowest BCUT2D eigenvalue weighted by Gasteiger charge is -2.09. The fourth-order valence-electron chi connectivity index (χ4n) is 0.649. The lowest BCUT2D eigenvalue weighted by molar-refractivity contribution is 0.200. The Balaban J connectivity index is 2.47. The number of nitrogens with zero attached hydrogens (tertiary/aromatic N) is 2. The van der Waals surface area contributed by atoms with Crippen LogP contribution in [0.2, 0.25) is 5.15 Å². The summed E-state index contributed by atoms with van der Waals surface area (Å²) in [6.07, 6.45) is 1.57. The number of amides is 1. The van der Waals surface area contributed by atoms with Crippen molar-refractivity contribution < 1.29 is 9.90 Å². The van der Waals surface area contributed by atoms with E-state index in [9.17, 15) is 4.79 Å². The van der Waals surface area contributed by atoms with Gasteiger partial charge in [-0.3, -0.25) is 16.2 Å². The summed E-state index contributed by atoms with van der Waals surface area (Å²) in [6.45, 7) is 0. The third kappa shape index (κ3) is 3.92. The summed E-state index contributed by atoms with van der Waals surface area (Å²) in [5, 5.41) is 10.3. The molecule has 0 aromatic carbocycles. The molecule has 1 amide bonds. The number of nitrogens with one attached hydrogen (secondary N) is 3. The molecule has 0 aliphatic carbocycles. The van der Waals surface area contributed by atoms with Gasteiger partial charge in [0.25, 0.3) is 0 Å². The first-order valence-electron chi connectivity index (χ1n) is 3.62. The van der Waals surface area contributed by atoms with E-state index in [0.29, 0.717) is 0 Å². The van der Waals surface area contributed by atoms with Crippen molar-refractivity contribution in [1.29, 1.82) is 0 Å². The summed E-state index contributed by atoms with van der Waals surface area (Å²) >= 11 is 10.3. The van der Waals surface area contributed by atoms with Gasteiger partial charge in [-0.1, -0.05) is 11.6 Å². The largest absolute Gasteiger partial charge is 0.465 e. The lowest BCUT2D eigenvalue weighted by Crippen LogP contribution is -2.41. The maximum absolute atomic E-state index is 10.2. The third-order valence-electron chi connectivity index (χ3n) is 1.17. The first-order chi connectivity index (χ1) is 7.09. The van der Waals surface area contributed by atoms with Crippen LogP contribution >= 0.6 is 23.8 Å². The molecule has 80 valence electrons. The molecular formula is C6H6ClN5O2S. The van der Waals surface area contributed by atoms with E-state index in [2.05, 4.69) is 33.0 Å². The van der Waals surface area contributed by atoms with E-state index >= 15 is 0 Å². The van der Waals surface area contributed by atoms with Crippen LogP contribution < -0.4 is 16.2 Å². The van der Waals surface area contributed by atoms with E-state index in [4.69, 9.17) is 16.7 Å². The van der Waals surface area contributed by atoms with Gasteiger partial charge in [0.1, 0.15) is 0 Å². The molecule has 0 spiro atoms. The average molecular weight is 248 g/mol. The number of halogens is 1. The molecule has 9 heteroatoms. The van der Waals surface area contributed by atoms with Crippen LogP contribution in [0.1, 0.15) is 0 Å². The fraction of sp³-hybridized carbons (Fsp3) is 0. The Labute approximate surface area is 94.8 Å². The molecule has 0 atom stereocenters. The molecule has 4 N–H and O–H groups in total. The van der Waals surface area contributed by atoms with Gasteiger partial charge in [-0.05, 0) is 12.2 Å². The normalized spacial score (nSPS) is 9.13. The van der Waals surface area contributed by atoms with Crippen molar-refractivity contribution in [2.45, 2.75) is 0 Å². The van der Waals surface area contributed by atoms with Crippen molar-refractivity contribution in [3.05, 3.63) is 17.5 Å². The van der Waals surface area contributed by atoms with E-state index in [-0.39, 0.29) is 16.1 Å². The zero-order valence-corrected chi connectivity index (χ0v) is 8.76. The maximum atomic E-state index is 10.2. The van der Waals surface area contributed by atoms with Gasteiger partial charge in [-0.15, -0.1) is 0 Å². The van der Waals surface area contributed by atoms with Crippen LogP contribution in [0, 0.1) is 0 Å². The van der Waals surface area contributed by atoms with E-state index in [1.54, 1.807) is 0 Å². The molecular weight excluding hydrogens is 242 g/mol. The number of anilines is 1. The monoisotopic (exact) mass is 247 g/mol. The molecule has 0 aliphatic rings. The van der Waals surface area contributed by atoms with Crippen LogP contribution in [-0.4, -0.2) is 26.3 Å². The van der Waals surface area contributed by atoms with E-state index in [1.807, 2.05) is 5.32 Å². The predicted octanol–water partition coefficient (Wildman–Crippen LogP) is 0.599. The number of rotatable bonds is 2. The van der Waals surface area contributed by atoms with Crippen LogP contribution in [0.25, 0.3) is 0 Å². The topological polar surface area (TPSA) is 99.2 Å². The number of hydrogen-bond acceptors (Lipinski definition) is 5. The van der Waals surface area contributed by atoms with Crippen molar-refractivity contribution >= 4 is 40.8 Å². The Bertz CT molecular complexity index is 388. The maximum Gasteiger partial charge on any atom is 0.410 e. The molecule has 0 bridgehead atoms. The second kappa shape index (κ2) is 5.27. The molecule has 1 rings (SSSR count). The van der Waals surface area contributed by atoms with Gasteiger partial charge in [0.2, 0.25) is 0 Å². The van der Waals surface area contributed by atoms with E-state index in [0.717, 1.165) is 0 Å². The Morgan fingerprint density at radius 1 is 1.47 bits per heavy atom. The summed E-state index contributed by atoms with van der Waals surface area (Å²) in [6, 6.07) is 0. The van der Waals surface area contributed by atoms with Crippen LogP contribution in [-0.2, 0) is 0 Å². The quantitative estimate of drug-likeness (QED) is 0.449. The summed E-state index contributed by atoms with van der Waals surface area (Å²) in [7, 11) is 0. The van der Waals surface area contributed by atoms with Gasteiger partial charge < -0.3 is 5.11 Å². The molecule has 0 fully saturated rings. The number of hydrazine groups is 1. The summed E-state index contributed by atoms with van der Waals surface area (Å²) in [5.41, 5.74) is 4.87. The number of carbonyl (C=O) groups is 1. The minimum absolute atomic E-state index is 0.121. The minimum Gasteiger partial charge on any atom is -0.465 e. The van der Waals surface area contributed by atoms with Gasteiger partial charge in [-0.2, -0.15) is 0 Å². The van der Waals surface area contributed by atoms with Gasteiger partial charge in [0.05, 0.1) is 0 Å². The zero-order valence-electron chi connectivity index (χ0n) is 7.19. The van der Waals surface area contributed by atoms with E-state index in [1.165, 1.54) is 12.4 Å². The first kappa shape index (κ1) is 11.4. The van der Waals surface area contributed by atoms with Crippen LogP contribution in [0.3, 0.4) is 0 Å². The second-order valence-corrected chi connectivity index (χ2v) is 2.97. The first-order valence-corrected chi connectivity index (χ1v) is 4.40. The molecule has 15 heavy (non-hydrogen) atoms. The Hall–Kier alpha value is -1.67. The molecule has 1 heterocycles. The minimum atomic E-state index is -1.26. The van der Waals surface area contributed by atoms with Crippen LogP contribution in [0.5, 0.6) is 0 Å². The molecule has 1 aromatic heterocycles. The number of thiocarbonyl (C=S) groups is 1. The second-order valence-electron chi connectivity index (χ2n) is 2.21. The van der Waals surface area contributed by atoms with Crippen LogP contribution in [0.4, 0.5) is 10.6 Å². The molecule has 0 radical (unpaired) electrons. The molecule has 0 unspecified atom stereocenters. The van der Waals surface area contributed by atoms with Crippen molar-refractivity contribution in [3.8, 4) is 0 Å². The van der Waals surface area contributed by atoms with Gasteiger partial charge in [0, 0.05) is 12.4 Å². The highest BCUT2D eigenvalue weighted by Gasteiger charge is 2.03. The number of aromatic nitrogens is 2. The SMILES string of the molecule is O=C(O)NC(=S)NNc1nccnc1Cl. The van der Waals surface area contributed by atoms with Gasteiger partial charge in [-0.25, -0.2) is 14.8 Å². The van der Waals surface area contributed by atoms with Crippen LogP contribution in [0.15, 0.2) is 12.4 Å². The van der Waals surface area contributed by atoms with Crippen molar-refractivity contribution in [2.75, 3.05) is 5.43 Å². The van der Waals surface area contributed by atoms with Crippen molar-refractivity contribution in [2.24, 2.45) is 0 Å².